The van der Waals surface area contributed by atoms with Crippen LogP contribution in [-0.2, 0) is 9.53 Å². The van der Waals surface area contributed by atoms with E-state index >= 15 is 0 Å². The zero-order valence-corrected chi connectivity index (χ0v) is 27.2. The zero-order chi connectivity index (χ0) is 31.9. The fourth-order valence-corrected chi connectivity index (χ4v) is 5.95. The van der Waals surface area contributed by atoms with Crippen LogP contribution in [0.3, 0.4) is 0 Å². The predicted molar refractivity (Wildman–Crippen MR) is 179 cm³/mol. The summed E-state index contributed by atoms with van der Waals surface area (Å²) >= 11 is 0. The fourth-order valence-electron chi connectivity index (χ4n) is 5.95. The first-order valence-electron chi connectivity index (χ1n) is 16.9. The average molecular weight is 621 g/mol. The summed E-state index contributed by atoms with van der Waals surface area (Å²) in [5.41, 5.74) is 1.44. The highest BCUT2D eigenvalue weighted by molar-refractivity contribution is 6.01. The van der Waals surface area contributed by atoms with E-state index in [4.69, 9.17) is 4.74 Å². The van der Waals surface area contributed by atoms with Crippen molar-refractivity contribution >= 4 is 29.3 Å². The molecule has 45 heavy (non-hydrogen) atoms. The van der Waals surface area contributed by atoms with Crippen LogP contribution in [0.25, 0.3) is 0 Å². The standard InChI is InChI=1S/C35H52N6O4/c1-3-5-13-20-38(21-14-6-4-2)34(43)39-23-24-40(32(29-39)33(42)36-19-22-37-25-27-45-28-26-37)35(44)41(30-15-9-7-10-16-30)31-17-11-8-12-18-31/h7-12,15-18,32H,3-6,13-14,19-29H2,1-2H3,(H,36,42). The minimum atomic E-state index is -0.817. The average Bonchev–Trinajstić information content (AvgIpc) is 3.08. The van der Waals surface area contributed by atoms with Crippen LogP contribution in [-0.4, -0.2) is 116 Å². The lowest BCUT2D eigenvalue weighted by atomic mass is 10.1. The number of unbranched alkanes of at least 4 members (excludes halogenated alkanes) is 4. The van der Waals surface area contributed by atoms with Crippen molar-refractivity contribution in [1.29, 1.82) is 0 Å². The monoisotopic (exact) mass is 620 g/mol. The molecule has 0 aromatic heterocycles. The molecule has 1 atom stereocenters. The summed E-state index contributed by atoms with van der Waals surface area (Å²) in [6.07, 6.45) is 6.24. The number of morpholine rings is 1. The number of ether oxygens (including phenoxy) is 1. The molecule has 10 heteroatoms. The molecule has 2 aliphatic heterocycles. The molecular weight excluding hydrogens is 568 g/mol. The van der Waals surface area contributed by atoms with Crippen LogP contribution >= 0.6 is 0 Å². The van der Waals surface area contributed by atoms with Gasteiger partial charge in [-0.2, -0.15) is 0 Å². The van der Waals surface area contributed by atoms with E-state index < -0.39 is 6.04 Å². The van der Waals surface area contributed by atoms with E-state index in [1.807, 2.05) is 65.6 Å². The number of rotatable bonds is 14. The number of hydrogen-bond donors (Lipinski definition) is 1. The quantitative estimate of drug-likeness (QED) is 0.294. The largest absolute Gasteiger partial charge is 0.379 e. The first-order chi connectivity index (χ1) is 22.0. The SMILES string of the molecule is CCCCCN(CCCCC)C(=O)N1CCN(C(=O)N(c2ccccc2)c2ccccc2)C(C(=O)NCCN2CCOCC2)C1. The van der Waals surface area contributed by atoms with Crippen LogP contribution in [0.2, 0.25) is 0 Å². The number of anilines is 2. The van der Waals surface area contributed by atoms with Crippen LogP contribution in [0.4, 0.5) is 21.0 Å². The molecule has 5 amide bonds. The minimum absolute atomic E-state index is 0.0385. The van der Waals surface area contributed by atoms with Crippen molar-refractivity contribution in [1.82, 2.24) is 24.9 Å². The normalized spacial score (nSPS) is 17.2. The molecule has 1 unspecified atom stereocenters. The number of nitrogens with one attached hydrogen (secondary N) is 1. The van der Waals surface area contributed by atoms with Gasteiger partial charge < -0.3 is 24.8 Å². The first kappa shape index (κ1) is 34.2. The summed E-state index contributed by atoms with van der Waals surface area (Å²) in [6.45, 7) is 10.8. The second-order valence-corrected chi connectivity index (χ2v) is 11.9. The second kappa shape index (κ2) is 18.4. The summed E-state index contributed by atoms with van der Waals surface area (Å²) in [6, 6.07) is 17.9. The van der Waals surface area contributed by atoms with Gasteiger partial charge in [0.2, 0.25) is 5.91 Å². The van der Waals surface area contributed by atoms with Crippen LogP contribution in [0.5, 0.6) is 0 Å². The summed E-state index contributed by atoms with van der Waals surface area (Å²) in [7, 11) is 0. The third kappa shape index (κ3) is 9.93. The third-order valence-corrected chi connectivity index (χ3v) is 8.58. The van der Waals surface area contributed by atoms with E-state index in [-0.39, 0.29) is 31.1 Å². The van der Waals surface area contributed by atoms with Gasteiger partial charge in [-0.1, -0.05) is 75.9 Å². The highest BCUT2D eigenvalue weighted by atomic mass is 16.5. The number of carbonyl (C=O) groups is 3. The molecule has 2 aromatic carbocycles. The molecule has 2 aliphatic rings. The maximum Gasteiger partial charge on any atom is 0.329 e. The van der Waals surface area contributed by atoms with Crippen molar-refractivity contribution in [2.45, 2.75) is 58.4 Å². The molecule has 4 rings (SSSR count). The molecule has 0 spiro atoms. The summed E-state index contributed by atoms with van der Waals surface area (Å²) < 4.78 is 5.45. The molecule has 246 valence electrons. The Balaban J connectivity index is 1.55. The van der Waals surface area contributed by atoms with Gasteiger partial charge in [0.15, 0.2) is 0 Å². The van der Waals surface area contributed by atoms with E-state index in [2.05, 4.69) is 24.1 Å². The van der Waals surface area contributed by atoms with Crippen molar-refractivity contribution in [3.63, 3.8) is 0 Å². The molecular formula is C35H52N6O4. The molecule has 2 fully saturated rings. The highest BCUT2D eigenvalue weighted by Gasteiger charge is 2.40. The predicted octanol–water partition coefficient (Wildman–Crippen LogP) is 5.18. The lowest BCUT2D eigenvalue weighted by Gasteiger charge is -2.43. The third-order valence-electron chi connectivity index (χ3n) is 8.58. The lowest BCUT2D eigenvalue weighted by molar-refractivity contribution is -0.127. The smallest absolute Gasteiger partial charge is 0.329 e. The fraction of sp³-hybridized carbons (Fsp3) is 0.571. The Morgan fingerprint density at radius 2 is 1.36 bits per heavy atom. The van der Waals surface area contributed by atoms with Crippen molar-refractivity contribution in [3.8, 4) is 0 Å². The molecule has 0 radical (unpaired) electrons. The summed E-state index contributed by atoms with van der Waals surface area (Å²) in [5.74, 6) is -0.237. The van der Waals surface area contributed by atoms with Gasteiger partial charge in [-0.25, -0.2) is 9.59 Å². The molecule has 0 bridgehead atoms. The van der Waals surface area contributed by atoms with E-state index in [0.717, 1.165) is 63.0 Å². The van der Waals surface area contributed by atoms with Crippen molar-refractivity contribution < 1.29 is 19.1 Å². The van der Waals surface area contributed by atoms with Crippen molar-refractivity contribution in [2.24, 2.45) is 0 Å². The Morgan fingerprint density at radius 3 is 1.91 bits per heavy atom. The van der Waals surface area contributed by atoms with E-state index in [9.17, 15) is 14.4 Å². The van der Waals surface area contributed by atoms with Gasteiger partial charge in [-0.15, -0.1) is 0 Å². The number of urea groups is 2. The van der Waals surface area contributed by atoms with Gasteiger partial charge in [0.25, 0.3) is 0 Å². The Bertz CT molecular complexity index is 1130. The minimum Gasteiger partial charge on any atom is -0.379 e. The number of amides is 5. The van der Waals surface area contributed by atoms with E-state index in [1.54, 1.807) is 14.7 Å². The Hall–Kier alpha value is -3.63. The topological polar surface area (TPSA) is 88.7 Å². The van der Waals surface area contributed by atoms with Gasteiger partial charge >= 0.3 is 12.1 Å². The molecule has 0 aliphatic carbocycles. The summed E-state index contributed by atoms with van der Waals surface area (Å²) in [5, 5.41) is 3.09. The van der Waals surface area contributed by atoms with Crippen LogP contribution in [0, 0.1) is 0 Å². The maximum absolute atomic E-state index is 14.4. The molecule has 10 nitrogen and oxygen atoms in total. The van der Waals surface area contributed by atoms with Crippen LogP contribution < -0.4 is 10.2 Å². The highest BCUT2D eigenvalue weighted by Crippen LogP contribution is 2.28. The maximum atomic E-state index is 14.4. The molecule has 1 N–H and O–H groups in total. The molecule has 2 aromatic rings. The first-order valence-corrected chi connectivity index (χ1v) is 16.9. The number of hydrogen-bond acceptors (Lipinski definition) is 5. The Morgan fingerprint density at radius 1 is 0.778 bits per heavy atom. The Kier molecular flexibility index (Phi) is 14.0. The Labute approximate surface area is 269 Å². The van der Waals surface area contributed by atoms with Crippen molar-refractivity contribution in [2.75, 3.05) is 77.0 Å². The van der Waals surface area contributed by atoms with Gasteiger partial charge in [-0.05, 0) is 37.1 Å². The number of piperazine rings is 1. The van der Waals surface area contributed by atoms with Gasteiger partial charge in [0, 0.05) is 52.4 Å². The van der Waals surface area contributed by atoms with Crippen LogP contribution in [0.15, 0.2) is 60.7 Å². The zero-order valence-electron chi connectivity index (χ0n) is 27.2. The summed E-state index contributed by atoms with van der Waals surface area (Å²) in [4.78, 5) is 51.5. The van der Waals surface area contributed by atoms with Gasteiger partial charge in [0.1, 0.15) is 6.04 Å². The van der Waals surface area contributed by atoms with Gasteiger partial charge in [-0.3, -0.25) is 14.6 Å². The second-order valence-electron chi connectivity index (χ2n) is 11.9. The number of carbonyl (C=O) groups excluding carboxylic acids is 3. The van der Waals surface area contributed by atoms with E-state index in [0.29, 0.717) is 45.9 Å². The van der Waals surface area contributed by atoms with Crippen LogP contribution in [0.1, 0.15) is 52.4 Å². The number of nitrogens with zero attached hydrogens (tertiary/aromatic N) is 5. The lowest BCUT2D eigenvalue weighted by Crippen LogP contribution is -2.64. The molecule has 2 heterocycles. The molecule has 0 saturated carbocycles. The van der Waals surface area contributed by atoms with Gasteiger partial charge in [0.05, 0.1) is 31.1 Å². The number of para-hydroxylation sites is 2. The number of benzene rings is 2. The van der Waals surface area contributed by atoms with E-state index in [1.165, 1.54) is 0 Å². The van der Waals surface area contributed by atoms with Crippen molar-refractivity contribution in [3.05, 3.63) is 60.7 Å². The molecule has 2 saturated heterocycles.